The molecule has 0 aliphatic carbocycles. The summed E-state index contributed by atoms with van der Waals surface area (Å²) < 4.78 is 6.82. The van der Waals surface area contributed by atoms with Crippen molar-refractivity contribution in [2.24, 2.45) is 7.05 Å². The first kappa shape index (κ1) is 14.8. The second kappa shape index (κ2) is 5.40. The molecule has 0 spiro atoms. The molecule has 6 nitrogen and oxygen atoms in total. The summed E-state index contributed by atoms with van der Waals surface area (Å²) in [4.78, 5) is 22.4. The lowest BCUT2D eigenvalue weighted by Gasteiger charge is -2.12. The lowest BCUT2D eigenvalue weighted by atomic mass is 10.1. The smallest absolute Gasteiger partial charge is 0.360 e. The van der Waals surface area contributed by atoms with Gasteiger partial charge < -0.3 is 9.30 Å². The van der Waals surface area contributed by atoms with Crippen LogP contribution in [0.2, 0.25) is 0 Å². The maximum absolute atomic E-state index is 12.2. The molecule has 0 unspecified atom stereocenters. The maximum Gasteiger partial charge on any atom is 0.360 e. The summed E-state index contributed by atoms with van der Waals surface area (Å²) in [6, 6.07) is 5.04. The fourth-order valence-electron chi connectivity index (χ4n) is 2.08. The first-order chi connectivity index (χ1) is 9.81. The Labute approximate surface area is 122 Å². The van der Waals surface area contributed by atoms with E-state index in [9.17, 15) is 14.9 Å². The van der Waals surface area contributed by atoms with Gasteiger partial charge in [-0.2, -0.15) is 0 Å². The molecule has 6 heteroatoms. The van der Waals surface area contributed by atoms with Crippen LogP contribution in [0.15, 0.2) is 24.4 Å². The summed E-state index contributed by atoms with van der Waals surface area (Å²) in [5.41, 5.74) is 2.74. The summed E-state index contributed by atoms with van der Waals surface area (Å²) in [7, 11) is 1.57. The number of benzene rings is 1. The van der Waals surface area contributed by atoms with Gasteiger partial charge in [-0.25, -0.2) is 4.79 Å². The molecule has 0 saturated heterocycles. The highest BCUT2D eigenvalue weighted by atomic mass is 16.6. The number of ether oxygens (including phenoxy) is 1. The lowest BCUT2D eigenvalue weighted by Crippen LogP contribution is -2.14. The van der Waals surface area contributed by atoms with Crippen LogP contribution in [0.25, 0.3) is 0 Å². The molecule has 0 N–H and O–H groups in total. The molecule has 0 bridgehead atoms. The summed E-state index contributed by atoms with van der Waals surface area (Å²) in [6.45, 7) is 5.65. The molecule has 110 valence electrons. The van der Waals surface area contributed by atoms with Gasteiger partial charge in [-0.05, 0) is 37.5 Å². The van der Waals surface area contributed by atoms with Gasteiger partial charge in [-0.15, -0.1) is 0 Å². The van der Waals surface area contributed by atoms with Crippen molar-refractivity contribution < 1.29 is 14.5 Å². The molecular weight excluding hydrogens is 272 g/mol. The first-order valence-electron chi connectivity index (χ1n) is 6.41. The molecule has 1 aromatic carbocycles. The minimum atomic E-state index is -0.609. The third-order valence-corrected chi connectivity index (χ3v) is 3.48. The van der Waals surface area contributed by atoms with Gasteiger partial charge >= 0.3 is 5.97 Å². The van der Waals surface area contributed by atoms with E-state index in [0.29, 0.717) is 5.75 Å². The average molecular weight is 288 g/mol. The van der Waals surface area contributed by atoms with E-state index in [1.807, 2.05) is 32.9 Å². The van der Waals surface area contributed by atoms with Gasteiger partial charge in [0.25, 0.3) is 5.69 Å². The Balaban J connectivity index is 2.35. The predicted molar refractivity (Wildman–Crippen MR) is 77.7 cm³/mol. The monoisotopic (exact) mass is 288 g/mol. The number of nitro groups is 1. The summed E-state index contributed by atoms with van der Waals surface area (Å²) in [5, 5.41) is 10.7. The van der Waals surface area contributed by atoms with Crippen molar-refractivity contribution in [2.75, 3.05) is 0 Å². The Kier molecular flexibility index (Phi) is 3.80. The summed E-state index contributed by atoms with van der Waals surface area (Å²) in [5.74, 6) is -0.105. The molecular formula is C15H16N2O4. The molecule has 0 amide bonds. The quantitative estimate of drug-likeness (QED) is 0.376. The Morgan fingerprint density at radius 1 is 1.24 bits per heavy atom. The van der Waals surface area contributed by atoms with Crippen molar-refractivity contribution in [3.05, 3.63) is 56.9 Å². The number of hydrogen-bond acceptors (Lipinski definition) is 4. The Bertz CT molecular complexity index is 732. The van der Waals surface area contributed by atoms with Crippen LogP contribution in [0.3, 0.4) is 0 Å². The number of esters is 1. The molecule has 21 heavy (non-hydrogen) atoms. The molecule has 0 atom stereocenters. The molecule has 2 aromatic rings. The standard InChI is InChI=1S/C15H16N2O4/c1-9-5-6-10(2)14(11(9)3)21-15(18)13-7-12(17(19)20)8-16(13)4/h5-8H,1-4H3. The third kappa shape index (κ3) is 2.79. The zero-order chi connectivity index (χ0) is 15.7. The van der Waals surface area contributed by atoms with E-state index < -0.39 is 10.9 Å². The van der Waals surface area contributed by atoms with Crippen LogP contribution in [-0.2, 0) is 7.05 Å². The van der Waals surface area contributed by atoms with Gasteiger partial charge in [-0.1, -0.05) is 12.1 Å². The van der Waals surface area contributed by atoms with Crippen LogP contribution in [0.4, 0.5) is 5.69 Å². The van der Waals surface area contributed by atoms with Crippen LogP contribution >= 0.6 is 0 Å². The van der Waals surface area contributed by atoms with E-state index in [4.69, 9.17) is 4.74 Å². The predicted octanol–water partition coefficient (Wildman–Crippen LogP) is 3.08. The van der Waals surface area contributed by atoms with Crippen molar-refractivity contribution in [1.82, 2.24) is 4.57 Å². The van der Waals surface area contributed by atoms with Crippen molar-refractivity contribution in [1.29, 1.82) is 0 Å². The summed E-state index contributed by atoms with van der Waals surface area (Å²) >= 11 is 0. The first-order valence-corrected chi connectivity index (χ1v) is 6.41. The molecule has 0 saturated carbocycles. The number of carbonyl (C=O) groups excluding carboxylic acids is 1. The molecule has 0 fully saturated rings. The Morgan fingerprint density at radius 2 is 1.86 bits per heavy atom. The highest BCUT2D eigenvalue weighted by molar-refractivity contribution is 5.90. The van der Waals surface area contributed by atoms with Gasteiger partial charge in [0.05, 0.1) is 11.1 Å². The van der Waals surface area contributed by atoms with E-state index >= 15 is 0 Å². The number of aromatic nitrogens is 1. The fourth-order valence-corrected chi connectivity index (χ4v) is 2.08. The highest BCUT2D eigenvalue weighted by Crippen LogP contribution is 2.27. The number of rotatable bonds is 3. The third-order valence-electron chi connectivity index (χ3n) is 3.48. The summed E-state index contributed by atoms with van der Waals surface area (Å²) in [6.07, 6.45) is 1.28. The molecule has 1 aromatic heterocycles. The molecule has 2 rings (SSSR count). The van der Waals surface area contributed by atoms with Crippen LogP contribution in [0.1, 0.15) is 27.2 Å². The van der Waals surface area contributed by atoms with Gasteiger partial charge in [0, 0.05) is 13.1 Å². The van der Waals surface area contributed by atoms with Crippen molar-refractivity contribution in [2.45, 2.75) is 20.8 Å². The molecule has 1 heterocycles. The van der Waals surface area contributed by atoms with E-state index in [-0.39, 0.29) is 11.4 Å². The van der Waals surface area contributed by atoms with Crippen LogP contribution < -0.4 is 4.74 Å². The Hall–Kier alpha value is -2.63. The molecule has 0 aliphatic rings. The highest BCUT2D eigenvalue weighted by Gasteiger charge is 2.20. The average Bonchev–Trinajstić information content (AvgIpc) is 2.81. The number of hydrogen-bond donors (Lipinski definition) is 0. The molecule has 0 radical (unpaired) electrons. The van der Waals surface area contributed by atoms with Crippen molar-refractivity contribution >= 4 is 11.7 Å². The number of aryl methyl sites for hydroxylation is 3. The fraction of sp³-hybridized carbons (Fsp3) is 0.267. The second-order valence-corrected chi connectivity index (χ2v) is 4.99. The maximum atomic E-state index is 12.2. The van der Waals surface area contributed by atoms with E-state index in [2.05, 4.69) is 0 Å². The van der Waals surface area contributed by atoms with Crippen molar-refractivity contribution in [3.63, 3.8) is 0 Å². The van der Waals surface area contributed by atoms with Crippen LogP contribution in [-0.4, -0.2) is 15.5 Å². The second-order valence-electron chi connectivity index (χ2n) is 4.99. The van der Waals surface area contributed by atoms with Gasteiger partial charge in [-0.3, -0.25) is 10.1 Å². The number of carbonyl (C=O) groups is 1. The molecule has 0 aliphatic heterocycles. The van der Waals surface area contributed by atoms with Gasteiger partial charge in [0.1, 0.15) is 11.4 Å². The van der Waals surface area contributed by atoms with E-state index in [1.165, 1.54) is 16.8 Å². The topological polar surface area (TPSA) is 74.4 Å². The minimum Gasteiger partial charge on any atom is -0.421 e. The van der Waals surface area contributed by atoms with E-state index in [0.717, 1.165) is 16.7 Å². The number of nitrogens with zero attached hydrogens (tertiary/aromatic N) is 2. The SMILES string of the molecule is Cc1ccc(C)c(OC(=O)c2cc([N+](=O)[O-])cn2C)c1C. The van der Waals surface area contributed by atoms with Crippen LogP contribution in [0, 0.1) is 30.9 Å². The minimum absolute atomic E-state index is 0.137. The van der Waals surface area contributed by atoms with Gasteiger partial charge in [0.15, 0.2) is 0 Å². The van der Waals surface area contributed by atoms with E-state index in [1.54, 1.807) is 7.05 Å². The zero-order valence-corrected chi connectivity index (χ0v) is 12.3. The van der Waals surface area contributed by atoms with Crippen LogP contribution in [0.5, 0.6) is 5.75 Å². The Morgan fingerprint density at radius 3 is 2.43 bits per heavy atom. The van der Waals surface area contributed by atoms with Crippen molar-refractivity contribution in [3.8, 4) is 5.75 Å². The largest absolute Gasteiger partial charge is 0.421 e. The van der Waals surface area contributed by atoms with Gasteiger partial charge in [0.2, 0.25) is 0 Å². The lowest BCUT2D eigenvalue weighted by molar-refractivity contribution is -0.384. The normalized spacial score (nSPS) is 10.5. The zero-order valence-electron chi connectivity index (χ0n) is 12.3.